The van der Waals surface area contributed by atoms with Gasteiger partial charge in [0.2, 0.25) is 0 Å². The zero-order valence-electron chi connectivity index (χ0n) is 9.84. The van der Waals surface area contributed by atoms with E-state index in [9.17, 15) is 9.00 Å². The number of carbonyl (C=O) groups excluding carboxylic acids is 1. The number of nitrogens with zero attached hydrogens (tertiary/aromatic N) is 1. The lowest BCUT2D eigenvalue weighted by Gasteiger charge is -2.21. The molecular formula is C9H19NO5S. The molecule has 0 radical (unpaired) electrons. The van der Waals surface area contributed by atoms with Crippen molar-refractivity contribution in [1.82, 2.24) is 4.90 Å². The van der Waals surface area contributed by atoms with Gasteiger partial charge in [-0.1, -0.05) is 13.3 Å². The summed E-state index contributed by atoms with van der Waals surface area (Å²) in [4.78, 5) is 12.8. The summed E-state index contributed by atoms with van der Waals surface area (Å²) in [7, 11) is 3.30. The molecule has 0 bridgehead atoms. The number of unbranched alkanes of at least 4 members (excludes halogenated alkanes) is 1. The van der Waals surface area contributed by atoms with Crippen LogP contribution in [0.2, 0.25) is 0 Å². The summed E-state index contributed by atoms with van der Waals surface area (Å²) in [6, 6.07) is 0. The van der Waals surface area contributed by atoms with E-state index in [4.69, 9.17) is 9.29 Å². The van der Waals surface area contributed by atoms with Crippen molar-refractivity contribution in [3.8, 4) is 0 Å². The monoisotopic (exact) mass is 253 g/mol. The third-order valence-corrected chi connectivity index (χ3v) is 2.26. The molecule has 96 valence electrons. The molecule has 7 heteroatoms. The minimum atomic E-state index is -2.39. The third kappa shape index (κ3) is 7.75. The summed E-state index contributed by atoms with van der Waals surface area (Å²) in [6.07, 6.45) is 0.940. The lowest BCUT2D eigenvalue weighted by atomic mass is 10.3. The highest BCUT2D eigenvalue weighted by atomic mass is 32.2. The summed E-state index contributed by atoms with van der Waals surface area (Å²) in [5, 5.41) is 0. The van der Waals surface area contributed by atoms with Crippen LogP contribution in [0.5, 0.6) is 0 Å². The molecule has 0 aromatic rings. The molecule has 2 unspecified atom stereocenters. The van der Waals surface area contributed by atoms with Crippen LogP contribution in [0.3, 0.4) is 0 Å². The van der Waals surface area contributed by atoms with Gasteiger partial charge >= 0.3 is 17.3 Å². The molecule has 0 heterocycles. The van der Waals surface area contributed by atoms with E-state index in [2.05, 4.69) is 4.18 Å². The van der Waals surface area contributed by atoms with Crippen molar-refractivity contribution < 1.29 is 22.5 Å². The second kappa shape index (κ2) is 8.63. The van der Waals surface area contributed by atoms with E-state index in [0.717, 1.165) is 12.8 Å². The summed E-state index contributed by atoms with van der Waals surface area (Å²) in [5.41, 5.74) is 0. The molecule has 0 saturated carbocycles. The van der Waals surface area contributed by atoms with Crippen LogP contribution in [0.4, 0.5) is 0 Å². The fourth-order valence-electron chi connectivity index (χ4n) is 0.930. The molecule has 0 amide bonds. The Labute approximate surface area is 98.4 Å². The highest BCUT2D eigenvalue weighted by Crippen LogP contribution is 2.05. The first-order valence-corrected chi connectivity index (χ1v) is 6.10. The molecule has 6 nitrogen and oxygen atoms in total. The quantitative estimate of drug-likeness (QED) is 0.298. The molecule has 0 spiro atoms. The topological polar surface area (TPSA) is 76.1 Å². The molecule has 2 atom stereocenters. The number of hydrogen-bond acceptors (Lipinski definition) is 5. The largest absolute Gasteiger partial charge is 0.466 e. The van der Waals surface area contributed by atoms with Crippen molar-refractivity contribution >= 4 is 17.3 Å². The zero-order chi connectivity index (χ0) is 12.6. The second-order valence-electron chi connectivity index (χ2n) is 3.51. The van der Waals surface area contributed by atoms with Crippen LogP contribution in [0.25, 0.3) is 0 Å². The smallest absolute Gasteiger partial charge is 0.309 e. The minimum absolute atomic E-state index is 0.0665. The van der Waals surface area contributed by atoms with Gasteiger partial charge in [-0.3, -0.25) is 14.2 Å². The van der Waals surface area contributed by atoms with Gasteiger partial charge in [0.1, 0.15) is 6.23 Å². The summed E-state index contributed by atoms with van der Waals surface area (Å²) < 4.78 is 28.6. The average Bonchev–Trinajstić information content (AvgIpc) is 2.16. The molecule has 0 rings (SSSR count). The molecule has 1 N–H and O–H groups in total. The van der Waals surface area contributed by atoms with Gasteiger partial charge in [0.15, 0.2) is 0 Å². The van der Waals surface area contributed by atoms with Gasteiger partial charge in [-0.25, -0.2) is 4.18 Å². The van der Waals surface area contributed by atoms with E-state index in [0.29, 0.717) is 6.61 Å². The molecule has 0 aromatic heterocycles. The highest BCUT2D eigenvalue weighted by Gasteiger charge is 2.20. The molecule has 0 fully saturated rings. The van der Waals surface area contributed by atoms with E-state index in [1.54, 1.807) is 14.1 Å². The van der Waals surface area contributed by atoms with Crippen molar-refractivity contribution in [3.63, 3.8) is 0 Å². The van der Waals surface area contributed by atoms with Crippen LogP contribution in [0.15, 0.2) is 0 Å². The van der Waals surface area contributed by atoms with Crippen molar-refractivity contribution in [2.24, 2.45) is 0 Å². The van der Waals surface area contributed by atoms with Gasteiger partial charge in [0.05, 0.1) is 13.0 Å². The Hall–Kier alpha value is -0.500. The van der Waals surface area contributed by atoms with Crippen molar-refractivity contribution in [3.05, 3.63) is 0 Å². The predicted octanol–water partition coefficient (Wildman–Crippen LogP) is 0.761. The average molecular weight is 253 g/mol. The van der Waals surface area contributed by atoms with Gasteiger partial charge < -0.3 is 4.74 Å². The van der Waals surface area contributed by atoms with Gasteiger partial charge in [-0.2, -0.15) is 4.21 Å². The van der Waals surface area contributed by atoms with E-state index in [1.165, 1.54) is 4.90 Å². The van der Waals surface area contributed by atoms with E-state index in [1.807, 2.05) is 6.92 Å². The van der Waals surface area contributed by atoms with Crippen LogP contribution in [-0.2, 0) is 25.1 Å². The minimum Gasteiger partial charge on any atom is -0.466 e. The Morgan fingerprint density at radius 1 is 1.50 bits per heavy atom. The van der Waals surface area contributed by atoms with E-state index >= 15 is 0 Å². The fourth-order valence-corrected chi connectivity index (χ4v) is 1.36. The first-order chi connectivity index (χ1) is 7.47. The summed E-state index contributed by atoms with van der Waals surface area (Å²) in [5.74, 6) is -0.433. The summed E-state index contributed by atoms with van der Waals surface area (Å²) in [6.45, 7) is 2.37. The first-order valence-electron chi connectivity index (χ1n) is 5.07. The van der Waals surface area contributed by atoms with Crippen LogP contribution >= 0.6 is 0 Å². The Bertz CT molecular complexity index is 234. The standard InChI is InChI=1S/C9H19NO5S/c1-4-5-6-14-9(11)7-8(10(2)3)15-16(12)13/h8H,4-7H2,1-3H3,(H,12,13). The Morgan fingerprint density at radius 3 is 2.56 bits per heavy atom. The normalized spacial score (nSPS) is 14.8. The molecule has 0 aliphatic carbocycles. The SMILES string of the molecule is CCCCOC(=O)CC(OS(=O)O)N(C)C. The number of ether oxygens (including phenoxy) is 1. The Morgan fingerprint density at radius 2 is 2.12 bits per heavy atom. The van der Waals surface area contributed by atoms with Crippen molar-refractivity contribution in [2.45, 2.75) is 32.4 Å². The van der Waals surface area contributed by atoms with Crippen molar-refractivity contribution in [1.29, 1.82) is 0 Å². The van der Waals surface area contributed by atoms with Crippen LogP contribution in [-0.4, -0.2) is 46.6 Å². The number of hydrogen-bond donors (Lipinski definition) is 1. The molecule has 0 aliphatic heterocycles. The van der Waals surface area contributed by atoms with Crippen LogP contribution in [0.1, 0.15) is 26.2 Å². The van der Waals surface area contributed by atoms with Gasteiger partial charge in [0, 0.05) is 0 Å². The molecule has 0 saturated heterocycles. The lowest BCUT2D eigenvalue weighted by molar-refractivity contribution is -0.147. The Balaban J connectivity index is 3.98. The highest BCUT2D eigenvalue weighted by molar-refractivity contribution is 7.74. The van der Waals surface area contributed by atoms with Gasteiger partial charge in [0.25, 0.3) is 0 Å². The molecule has 16 heavy (non-hydrogen) atoms. The van der Waals surface area contributed by atoms with E-state index < -0.39 is 23.6 Å². The fraction of sp³-hybridized carbons (Fsp3) is 0.889. The maximum absolute atomic E-state index is 11.3. The first kappa shape index (κ1) is 15.5. The lowest BCUT2D eigenvalue weighted by Crippen LogP contribution is -2.34. The van der Waals surface area contributed by atoms with Crippen LogP contribution < -0.4 is 0 Å². The van der Waals surface area contributed by atoms with Gasteiger partial charge in [-0.05, 0) is 20.5 Å². The molecular weight excluding hydrogens is 234 g/mol. The van der Waals surface area contributed by atoms with E-state index in [-0.39, 0.29) is 6.42 Å². The maximum Gasteiger partial charge on any atom is 0.309 e. The second-order valence-corrected chi connectivity index (χ2v) is 4.14. The predicted molar refractivity (Wildman–Crippen MR) is 59.8 cm³/mol. The van der Waals surface area contributed by atoms with Crippen molar-refractivity contribution in [2.75, 3.05) is 20.7 Å². The number of esters is 1. The molecule has 0 aromatic carbocycles. The zero-order valence-corrected chi connectivity index (χ0v) is 10.7. The van der Waals surface area contributed by atoms with Gasteiger partial charge in [-0.15, -0.1) is 0 Å². The number of carbonyl (C=O) groups is 1. The third-order valence-electron chi connectivity index (χ3n) is 1.87. The Kier molecular flexibility index (Phi) is 8.36. The number of rotatable bonds is 8. The summed E-state index contributed by atoms with van der Waals surface area (Å²) >= 11 is -2.39. The maximum atomic E-state index is 11.3. The van der Waals surface area contributed by atoms with Crippen LogP contribution in [0, 0.1) is 0 Å². The molecule has 0 aliphatic rings.